The fourth-order valence-electron chi connectivity index (χ4n) is 2.48. The van der Waals surface area contributed by atoms with Crippen LogP contribution in [0, 0.1) is 18.3 Å². The largest absolute Gasteiger partial charge is 0.497 e. The number of H-pyrrole nitrogens is 1. The van der Waals surface area contributed by atoms with Crippen molar-refractivity contribution in [2.75, 3.05) is 7.11 Å². The van der Waals surface area contributed by atoms with Crippen LogP contribution in [0.1, 0.15) is 11.3 Å². The molecule has 23 heavy (non-hydrogen) atoms. The maximum absolute atomic E-state index is 12.1. The third kappa shape index (κ3) is 2.60. The van der Waals surface area contributed by atoms with Crippen LogP contribution in [0.5, 0.6) is 5.75 Å². The molecule has 1 N–H and O–H groups in total. The fourth-order valence-corrected chi connectivity index (χ4v) is 2.48. The van der Waals surface area contributed by atoms with Crippen LogP contribution in [0.25, 0.3) is 16.8 Å². The molecule has 2 heterocycles. The van der Waals surface area contributed by atoms with Crippen LogP contribution < -0.4 is 10.3 Å². The lowest BCUT2D eigenvalue weighted by atomic mass is 9.99. The number of pyridine rings is 1. The molecule has 0 aliphatic rings. The van der Waals surface area contributed by atoms with Gasteiger partial charge in [0.25, 0.3) is 5.56 Å². The van der Waals surface area contributed by atoms with Crippen molar-refractivity contribution in [2.45, 2.75) is 6.92 Å². The zero-order valence-electron chi connectivity index (χ0n) is 12.7. The molecule has 0 spiro atoms. The molecule has 2 aromatic heterocycles. The normalized spacial score (nSPS) is 10.3. The van der Waals surface area contributed by atoms with E-state index in [1.807, 2.05) is 24.3 Å². The molecule has 0 atom stereocenters. The van der Waals surface area contributed by atoms with E-state index >= 15 is 0 Å². The number of nitrogens with one attached hydrogen (secondary N) is 1. The van der Waals surface area contributed by atoms with E-state index in [2.05, 4.69) is 10.1 Å². The van der Waals surface area contributed by atoms with Crippen molar-refractivity contribution in [1.29, 1.82) is 5.26 Å². The predicted molar refractivity (Wildman–Crippen MR) is 85.6 cm³/mol. The highest BCUT2D eigenvalue weighted by Gasteiger charge is 2.16. The number of ether oxygens (including phenoxy) is 1. The van der Waals surface area contributed by atoms with Gasteiger partial charge in [0, 0.05) is 29.2 Å². The summed E-state index contributed by atoms with van der Waals surface area (Å²) in [6.45, 7) is 1.78. The Balaban J connectivity index is 2.36. The van der Waals surface area contributed by atoms with E-state index in [4.69, 9.17) is 4.74 Å². The Morgan fingerprint density at radius 2 is 2.13 bits per heavy atom. The van der Waals surface area contributed by atoms with Gasteiger partial charge in [0.15, 0.2) is 0 Å². The zero-order chi connectivity index (χ0) is 16.4. The molecule has 0 bridgehead atoms. The van der Waals surface area contributed by atoms with Crippen molar-refractivity contribution in [3.05, 3.63) is 64.3 Å². The molecule has 1 aromatic carbocycles. The second kappa shape index (κ2) is 5.81. The van der Waals surface area contributed by atoms with Crippen LogP contribution in [0.4, 0.5) is 0 Å². The molecule has 3 rings (SSSR count). The molecule has 0 radical (unpaired) electrons. The van der Waals surface area contributed by atoms with E-state index in [0.29, 0.717) is 22.6 Å². The van der Waals surface area contributed by atoms with E-state index in [-0.39, 0.29) is 5.56 Å². The number of aromatic nitrogens is 3. The minimum Gasteiger partial charge on any atom is -0.497 e. The molecular weight excluding hydrogens is 292 g/mol. The number of nitrogens with zero attached hydrogens (tertiary/aromatic N) is 3. The van der Waals surface area contributed by atoms with Gasteiger partial charge < -0.3 is 9.72 Å². The van der Waals surface area contributed by atoms with E-state index in [0.717, 1.165) is 5.69 Å². The van der Waals surface area contributed by atoms with Crippen molar-refractivity contribution < 1.29 is 4.74 Å². The summed E-state index contributed by atoms with van der Waals surface area (Å²) in [5.74, 6) is 0.637. The Morgan fingerprint density at radius 1 is 1.30 bits per heavy atom. The van der Waals surface area contributed by atoms with Gasteiger partial charge in [0.1, 0.15) is 17.4 Å². The number of hydrogen-bond acceptors (Lipinski definition) is 4. The van der Waals surface area contributed by atoms with Gasteiger partial charge in [-0.1, -0.05) is 0 Å². The van der Waals surface area contributed by atoms with Gasteiger partial charge in [-0.2, -0.15) is 10.4 Å². The van der Waals surface area contributed by atoms with Crippen LogP contribution in [0.15, 0.2) is 47.5 Å². The second-order valence-corrected chi connectivity index (χ2v) is 5.02. The Labute approximate surface area is 132 Å². The van der Waals surface area contributed by atoms with Gasteiger partial charge in [-0.05, 0) is 37.3 Å². The molecule has 0 saturated heterocycles. The van der Waals surface area contributed by atoms with Crippen LogP contribution in [-0.4, -0.2) is 21.9 Å². The first-order chi connectivity index (χ1) is 11.1. The Hall–Kier alpha value is -3.33. The van der Waals surface area contributed by atoms with E-state index in [1.165, 1.54) is 0 Å². The summed E-state index contributed by atoms with van der Waals surface area (Å²) in [6, 6.07) is 11.0. The third-order valence-electron chi connectivity index (χ3n) is 3.52. The third-order valence-corrected chi connectivity index (χ3v) is 3.52. The first kappa shape index (κ1) is 14.6. The maximum Gasteiger partial charge on any atom is 0.266 e. The van der Waals surface area contributed by atoms with E-state index < -0.39 is 5.56 Å². The molecule has 0 unspecified atom stereocenters. The Kier molecular flexibility index (Phi) is 3.69. The Bertz CT molecular complexity index is 950. The number of aryl methyl sites for hydroxylation is 1. The highest BCUT2D eigenvalue weighted by atomic mass is 16.5. The minimum atomic E-state index is -0.406. The summed E-state index contributed by atoms with van der Waals surface area (Å²) in [5.41, 5.74) is 2.36. The van der Waals surface area contributed by atoms with Crippen LogP contribution in [-0.2, 0) is 0 Å². The number of methoxy groups -OCH3 is 1. The zero-order valence-corrected chi connectivity index (χ0v) is 12.7. The number of rotatable bonds is 3. The molecule has 0 saturated carbocycles. The first-order valence-corrected chi connectivity index (χ1v) is 6.96. The number of benzene rings is 1. The lowest BCUT2D eigenvalue weighted by Crippen LogP contribution is -2.13. The quantitative estimate of drug-likeness (QED) is 0.805. The average molecular weight is 306 g/mol. The highest BCUT2D eigenvalue weighted by molar-refractivity contribution is 5.78. The topological polar surface area (TPSA) is 83.7 Å². The number of hydrogen-bond donors (Lipinski definition) is 1. The Morgan fingerprint density at radius 3 is 2.78 bits per heavy atom. The van der Waals surface area contributed by atoms with Gasteiger partial charge >= 0.3 is 0 Å². The van der Waals surface area contributed by atoms with E-state index in [9.17, 15) is 10.1 Å². The molecule has 0 aliphatic carbocycles. The fraction of sp³-hybridized carbons (Fsp3) is 0.118. The molecule has 0 aliphatic heterocycles. The molecule has 0 amide bonds. The van der Waals surface area contributed by atoms with Crippen molar-refractivity contribution in [2.24, 2.45) is 0 Å². The van der Waals surface area contributed by atoms with Crippen LogP contribution in [0.3, 0.4) is 0 Å². The van der Waals surface area contributed by atoms with Gasteiger partial charge in [0.2, 0.25) is 0 Å². The highest BCUT2D eigenvalue weighted by Crippen LogP contribution is 2.31. The molecule has 114 valence electrons. The predicted octanol–water partition coefficient (Wildman–Crippen LogP) is 2.42. The summed E-state index contributed by atoms with van der Waals surface area (Å²) in [6.07, 6.45) is 3.47. The van der Waals surface area contributed by atoms with Crippen molar-refractivity contribution in [3.8, 4) is 28.6 Å². The van der Waals surface area contributed by atoms with Gasteiger partial charge in [-0.3, -0.25) is 4.79 Å². The maximum atomic E-state index is 12.1. The van der Waals surface area contributed by atoms with Gasteiger partial charge in [-0.25, -0.2) is 4.68 Å². The summed E-state index contributed by atoms with van der Waals surface area (Å²) < 4.78 is 6.97. The summed E-state index contributed by atoms with van der Waals surface area (Å²) in [7, 11) is 1.57. The first-order valence-electron chi connectivity index (χ1n) is 6.96. The van der Waals surface area contributed by atoms with Crippen LogP contribution in [0.2, 0.25) is 0 Å². The van der Waals surface area contributed by atoms with Crippen molar-refractivity contribution >= 4 is 0 Å². The number of nitriles is 1. The van der Waals surface area contributed by atoms with Crippen molar-refractivity contribution in [3.63, 3.8) is 0 Å². The second-order valence-electron chi connectivity index (χ2n) is 5.02. The van der Waals surface area contributed by atoms with Crippen LogP contribution >= 0.6 is 0 Å². The standard InChI is InChI=1S/C17H14N4O2/c1-11-8-13(15(10-18)17(22)20-11)14-9-12(23-2)4-5-16(14)21-7-3-6-19-21/h3-9H,1-2H3,(H,20,22). The molecular formula is C17H14N4O2. The number of aromatic amines is 1. The van der Waals surface area contributed by atoms with Crippen molar-refractivity contribution in [1.82, 2.24) is 14.8 Å². The van der Waals surface area contributed by atoms with Gasteiger partial charge in [0.05, 0.1) is 12.8 Å². The summed E-state index contributed by atoms with van der Waals surface area (Å²) in [4.78, 5) is 14.7. The average Bonchev–Trinajstić information content (AvgIpc) is 3.08. The summed E-state index contributed by atoms with van der Waals surface area (Å²) >= 11 is 0. The monoisotopic (exact) mass is 306 g/mol. The molecule has 0 fully saturated rings. The lowest BCUT2D eigenvalue weighted by Gasteiger charge is -2.13. The smallest absolute Gasteiger partial charge is 0.266 e. The SMILES string of the molecule is COc1ccc(-n2cccn2)c(-c2cc(C)[nH]c(=O)c2C#N)c1. The molecule has 6 heteroatoms. The summed E-state index contributed by atoms with van der Waals surface area (Å²) in [5, 5.41) is 13.6. The minimum absolute atomic E-state index is 0.0669. The lowest BCUT2D eigenvalue weighted by molar-refractivity contribution is 0.415. The van der Waals surface area contributed by atoms with E-state index in [1.54, 1.807) is 43.2 Å². The van der Waals surface area contributed by atoms with Gasteiger partial charge in [-0.15, -0.1) is 0 Å². The molecule has 3 aromatic rings. The molecule has 6 nitrogen and oxygen atoms in total.